The number of carbonyl (C=O) groups is 2. The summed E-state index contributed by atoms with van der Waals surface area (Å²) in [5.41, 5.74) is 2.34. The van der Waals surface area contributed by atoms with Crippen LogP contribution in [0.2, 0.25) is 0 Å². The summed E-state index contributed by atoms with van der Waals surface area (Å²) in [4.78, 5) is 28.5. The predicted molar refractivity (Wildman–Crippen MR) is 171 cm³/mol. The van der Waals surface area contributed by atoms with E-state index in [0.717, 1.165) is 34.0 Å². The molecule has 4 bridgehead atoms. The van der Waals surface area contributed by atoms with Crippen LogP contribution in [0.1, 0.15) is 77.3 Å². The van der Waals surface area contributed by atoms with Gasteiger partial charge in [-0.2, -0.15) is 0 Å². The van der Waals surface area contributed by atoms with E-state index in [1.807, 2.05) is 57.2 Å². The number of carbonyl (C=O) groups excluding carboxylic acids is 2. The Bertz CT molecular complexity index is 1380. The summed E-state index contributed by atoms with van der Waals surface area (Å²) in [6, 6.07) is 14.6. The lowest BCUT2D eigenvalue weighted by molar-refractivity contribution is -0.140. The molecule has 0 aromatic heterocycles. The van der Waals surface area contributed by atoms with Crippen LogP contribution in [0.5, 0.6) is 0 Å². The Morgan fingerprint density at radius 2 is 1.48 bits per heavy atom. The van der Waals surface area contributed by atoms with Gasteiger partial charge in [0.05, 0.1) is 11.9 Å². The standard InChI is InChI=1S/C33H44BrN3O4S/c1-22(31(39)35-32(2,3)4)36(20-23-6-10-28(34)11-7-23)30(38)21-37(42(5,40)41)29-12-8-27(9-13-29)33-17-24-14-25(18-33)16-26(15-24)19-33/h6-13,22,24-26H,14-21H2,1-5H3,(H,35,39). The van der Waals surface area contributed by atoms with E-state index in [1.54, 1.807) is 6.92 Å². The molecule has 42 heavy (non-hydrogen) atoms. The Labute approximate surface area is 259 Å². The highest BCUT2D eigenvalue weighted by atomic mass is 79.9. The van der Waals surface area contributed by atoms with Crippen LogP contribution in [0.4, 0.5) is 5.69 Å². The molecular weight excluding hydrogens is 614 g/mol. The van der Waals surface area contributed by atoms with Crippen molar-refractivity contribution < 1.29 is 18.0 Å². The van der Waals surface area contributed by atoms with E-state index in [0.29, 0.717) is 5.69 Å². The fourth-order valence-electron chi connectivity index (χ4n) is 7.90. The maximum atomic E-state index is 13.9. The summed E-state index contributed by atoms with van der Waals surface area (Å²) in [6.45, 7) is 7.13. The molecule has 0 heterocycles. The molecule has 9 heteroatoms. The zero-order chi connectivity index (χ0) is 30.4. The fourth-order valence-corrected chi connectivity index (χ4v) is 9.02. The SMILES string of the molecule is CC(C(=O)NC(C)(C)C)N(Cc1ccc(Br)cc1)C(=O)CN(c1ccc(C23CC4CC(CC(C4)C2)C3)cc1)S(C)(=O)=O. The molecule has 0 saturated heterocycles. The molecule has 228 valence electrons. The summed E-state index contributed by atoms with van der Waals surface area (Å²) in [5.74, 6) is 1.71. The van der Waals surface area contributed by atoms with Crippen molar-refractivity contribution in [1.29, 1.82) is 0 Å². The summed E-state index contributed by atoms with van der Waals surface area (Å²) in [7, 11) is -3.78. The molecule has 7 nitrogen and oxygen atoms in total. The number of benzene rings is 2. The van der Waals surface area contributed by atoms with Gasteiger partial charge in [0, 0.05) is 16.6 Å². The van der Waals surface area contributed by atoms with Crippen LogP contribution in [0, 0.1) is 17.8 Å². The quantitative estimate of drug-likeness (QED) is 0.358. The van der Waals surface area contributed by atoms with E-state index in [1.165, 1.54) is 53.3 Å². The molecule has 4 aliphatic carbocycles. The minimum Gasteiger partial charge on any atom is -0.350 e. The number of amides is 2. The van der Waals surface area contributed by atoms with Gasteiger partial charge in [0.15, 0.2) is 0 Å². The highest BCUT2D eigenvalue weighted by Gasteiger charge is 2.51. The first-order valence-corrected chi connectivity index (χ1v) is 17.7. The van der Waals surface area contributed by atoms with Gasteiger partial charge in [0.1, 0.15) is 12.6 Å². The normalized spacial score (nSPS) is 25.6. The van der Waals surface area contributed by atoms with E-state index >= 15 is 0 Å². The molecule has 1 N–H and O–H groups in total. The summed E-state index contributed by atoms with van der Waals surface area (Å²) >= 11 is 3.44. The van der Waals surface area contributed by atoms with Crippen molar-refractivity contribution in [2.75, 3.05) is 17.1 Å². The first kappa shape index (κ1) is 31.0. The van der Waals surface area contributed by atoms with Crippen LogP contribution >= 0.6 is 15.9 Å². The first-order chi connectivity index (χ1) is 19.6. The summed E-state index contributed by atoms with van der Waals surface area (Å²) in [5, 5.41) is 2.95. The number of hydrogen-bond acceptors (Lipinski definition) is 4. The average molecular weight is 659 g/mol. The molecule has 6 rings (SSSR count). The Hall–Kier alpha value is -2.39. The number of halogens is 1. The van der Waals surface area contributed by atoms with E-state index < -0.39 is 27.5 Å². The highest BCUT2D eigenvalue weighted by Crippen LogP contribution is 2.60. The number of hydrogen-bond donors (Lipinski definition) is 1. The van der Waals surface area contributed by atoms with Crippen molar-refractivity contribution in [3.63, 3.8) is 0 Å². The van der Waals surface area contributed by atoms with E-state index in [2.05, 4.69) is 33.4 Å². The van der Waals surface area contributed by atoms with Gasteiger partial charge >= 0.3 is 0 Å². The smallest absolute Gasteiger partial charge is 0.244 e. The van der Waals surface area contributed by atoms with Crippen molar-refractivity contribution >= 4 is 43.5 Å². The molecule has 0 radical (unpaired) electrons. The van der Waals surface area contributed by atoms with E-state index in [-0.39, 0.29) is 24.4 Å². The maximum absolute atomic E-state index is 13.9. The number of nitrogens with zero attached hydrogens (tertiary/aromatic N) is 2. The Balaban J connectivity index is 1.39. The third kappa shape index (κ3) is 6.88. The Kier molecular flexibility index (Phi) is 8.58. The van der Waals surface area contributed by atoms with Gasteiger partial charge < -0.3 is 10.2 Å². The van der Waals surface area contributed by atoms with Gasteiger partial charge in [0.25, 0.3) is 0 Å². The van der Waals surface area contributed by atoms with Gasteiger partial charge in [-0.05, 0) is 125 Å². The Morgan fingerprint density at radius 1 is 0.952 bits per heavy atom. The van der Waals surface area contributed by atoms with Gasteiger partial charge in [-0.15, -0.1) is 0 Å². The lowest BCUT2D eigenvalue weighted by atomic mass is 9.48. The zero-order valence-corrected chi connectivity index (χ0v) is 27.8. The molecule has 0 aliphatic heterocycles. The van der Waals surface area contributed by atoms with Gasteiger partial charge in [-0.3, -0.25) is 13.9 Å². The van der Waals surface area contributed by atoms with Gasteiger partial charge in [-0.25, -0.2) is 8.42 Å². The third-order valence-corrected chi connectivity index (χ3v) is 11.1. The molecule has 0 spiro atoms. The largest absolute Gasteiger partial charge is 0.350 e. The van der Waals surface area contributed by atoms with E-state index in [4.69, 9.17) is 0 Å². The summed E-state index contributed by atoms with van der Waals surface area (Å²) < 4.78 is 28.2. The highest BCUT2D eigenvalue weighted by molar-refractivity contribution is 9.10. The molecule has 4 fully saturated rings. The van der Waals surface area contributed by atoms with Crippen LogP contribution in [0.15, 0.2) is 53.0 Å². The van der Waals surface area contributed by atoms with Crippen LogP contribution in [-0.4, -0.2) is 49.5 Å². The van der Waals surface area contributed by atoms with Crippen molar-refractivity contribution in [2.24, 2.45) is 17.8 Å². The molecule has 4 saturated carbocycles. The molecule has 1 unspecified atom stereocenters. The number of nitrogens with one attached hydrogen (secondary N) is 1. The second-order valence-electron chi connectivity index (χ2n) is 14.1. The summed E-state index contributed by atoms with van der Waals surface area (Å²) in [6.07, 6.45) is 8.91. The van der Waals surface area contributed by atoms with Crippen molar-refractivity contribution in [3.8, 4) is 0 Å². The van der Waals surface area contributed by atoms with E-state index in [9.17, 15) is 18.0 Å². The fraction of sp³-hybridized carbons (Fsp3) is 0.576. The van der Waals surface area contributed by atoms with Crippen LogP contribution in [-0.2, 0) is 31.6 Å². The van der Waals surface area contributed by atoms with Crippen molar-refractivity contribution in [2.45, 2.75) is 89.8 Å². The number of rotatable bonds is 9. The minimum absolute atomic E-state index is 0.174. The average Bonchev–Trinajstić information content (AvgIpc) is 2.88. The molecule has 2 amide bonds. The zero-order valence-electron chi connectivity index (χ0n) is 25.4. The Morgan fingerprint density at radius 3 is 1.95 bits per heavy atom. The second kappa shape index (κ2) is 11.6. The van der Waals surface area contributed by atoms with Crippen LogP contribution in [0.3, 0.4) is 0 Å². The molecule has 2 aromatic rings. The molecular formula is C33H44BrN3O4S. The van der Waals surface area contributed by atoms with Gasteiger partial charge in [0.2, 0.25) is 21.8 Å². The predicted octanol–water partition coefficient (Wildman–Crippen LogP) is 6.01. The maximum Gasteiger partial charge on any atom is 0.244 e. The second-order valence-corrected chi connectivity index (χ2v) is 16.9. The lowest BCUT2D eigenvalue weighted by Crippen LogP contribution is -2.54. The van der Waals surface area contributed by atoms with Crippen LogP contribution < -0.4 is 9.62 Å². The van der Waals surface area contributed by atoms with Crippen molar-refractivity contribution in [3.05, 3.63) is 64.1 Å². The minimum atomic E-state index is -3.78. The number of anilines is 1. The van der Waals surface area contributed by atoms with Gasteiger partial charge in [-0.1, -0.05) is 40.2 Å². The number of sulfonamides is 1. The topological polar surface area (TPSA) is 86.8 Å². The molecule has 2 aromatic carbocycles. The monoisotopic (exact) mass is 657 g/mol. The first-order valence-electron chi connectivity index (χ1n) is 15.1. The molecule has 1 atom stereocenters. The molecule has 4 aliphatic rings. The van der Waals surface area contributed by atoms with Crippen LogP contribution in [0.25, 0.3) is 0 Å². The van der Waals surface area contributed by atoms with Crippen molar-refractivity contribution in [1.82, 2.24) is 10.2 Å². The lowest BCUT2D eigenvalue weighted by Gasteiger charge is -2.57. The third-order valence-electron chi connectivity index (χ3n) is 9.42.